The molecule has 0 spiro atoms. The van der Waals surface area contributed by atoms with Crippen LogP contribution in [-0.4, -0.2) is 54.2 Å². The fraction of sp³-hybridized carbons (Fsp3) is 0.400. The van der Waals surface area contributed by atoms with Gasteiger partial charge in [0.1, 0.15) is 17.7 Å². The van der Waals surface area contributed by atoms with Crippen molar-refractivity contribution in [3.63, 3.8) is 0 Å². The molecule has 0 radical (unpaired) electrons. The maximum Gasteiger partial charge on any atom is 0.240 e. The van der Waals surface area contributed by atoms with Gasteiger partial charge in [-0.05, 0) is 62.1 Å². The Morgan fingerprint density at radius 3 is 2.71 bits per heavy atom. The predicted molar refractivity (Wildman–Crippen MR) is 129 cm³/mol. The number of ether oxygens (including phenoxy) is 1. The van der Waals surface area contributed by atoms with Crippen LogP contribution in [0.4, 0.5) is 0 Å². The molecule has 9 heteroatoms. The van der Waals surface area contributed by atoms with Crippen molar-refractivity contribution in [2.24, 2.45) is 0 Å². The van der Waals surface area contributed by atoms with Gasteiger partial charge in [-0.1, -0.05) is 5.16 Å². The molecule has 2 aliphatic rings. The molecule has 0 N–H and O–H groups in total. The van der Waals surface area contributed by atoms with E-state index in [1.165, 1.54) is 12.8 Å². The lowest BCUT2D eigenvalue weighted by Gasteiger charge is -2.31. The molecule has 176 valence electrons. The van der Waals surface area contributed by atoms with Gasteiger partial charge in [0.25, 0.3) is 0 Å². The van der Waals surface area contributed by atoms with Crippen LogP contribution >= 0.6 is 0 Å². The van der Waals surface area contributed by atoms with Gasteiger partial charge in [0, 0.05) is 52.5 Å². The van der Waals surface area contributed by atoms with Gasteiger partial charge >= 0.3 is 0 Å². The number of hydrogen-bond acceptors (Lipinski definition) is 7. The first-order valence-electron chi connectivity index (χ1n) is 11.7. The van der Waals surface area contributed by atoms with E-state index in [0.717, 1.165) is 65.0 Å². The molecule has 1 saturated carbocycles. The van der Waals surface area contributed by atoms with Gasteiger partial charge < -0.3 is 13.8 Å². The highest BCUT2D eigenvalue weighted by molar-refractivity contribution is 7.84. The topological polar surface area (TPSA) is 86.3 Å². The standard InChI is InChI=1S/C25H27N5O3S/c1-34(31)21-5-6-22-18(14-21)8-13-30(22)23-7-4-20(15-26-23)32-19-9-11-29(12-10-19)16-24-27-25(28-33-24)17-2-3-17/h4-8,13-15,17,19H,2-3,9-12,16H2,1H3. The number of pyridine rings is 1. The van der Waals surface area contributed by atoms with E-state index in [1.54, 1.807) is 12.5 Å². The van der Waals surface area contributed by atoms with Gasteiger partial charge in [0.05, 0.1) is 18.3 Å². The Balaban J connectivity index is 1.05. The minimum atomic E-state index is -0.994. The Hall–Kier alpha value is -3.04. The van der Waals surface area contributed by atoms with Crippen LogP contribution in [0.2, 0.25) is 0 Å². The highest BCUT2D eigenvalue weighted by atomic mass is 32.2. The maximum atomic E-state index is 11.8. The van der Waals surface area contributed by atoms with Crippen LogP contribution in [0.25, 0.3) is 16.7 Å². The van der Waals surface area contributed by atoms with Crippen molar-refractivity contribution in [2.75, 3.05) is 19.3 Å². The minimum absolute atomic E-state index is 0.175. The molecule has 4 aromatic rings. The largest absolute Gasteiger partial charge is 0.489 e. The molecule has 4 heterocycles. The summed E-state index contributed by atoms with van der Waals surface area (Å²) in [4.78, 5) is 12.3. The van der Waals surface area contributed by atoms with E-state index >= 15 is 0 Å². The van der Waals surface area contributed by atoms with Gasteiger partial charge in [-0.15, -0.1) is 0 Å². The van der Waals surface area contributed by atoms with Crippen LogP contribution in [0.1, 0.15) is 43.3 Å². The highest BCUT2D eigenvalue weighted by Crippen LogP contribution is 2.38. The number of fused-ring (bicyclic) bond motifs is 1. The maximum absolute atomic E-state index is 11.8. The molecule has 1 unspecified atom stereocenters. The predicted octanol–water partition coefficient (Wildman–Crippen LogP) is 4.07. The number of piperidine rings is 1. The highest BCUT2D eigenvalue weighted by Gasteiger charge is 2.29. The van der Waals surface area contributed by atoms with Crippen LogP contribution in [0.3, 0.4) is 0 Å². The molecule has 1 aliphatic carbocycles. The van der Waals surface area contributed by atoms with Gasteiger partial charge in [-0.25, -0.2) is 4.98 Å². The van der Waals surface area contributed by atoms with Crippen molar-refractivity contribution in [3.8, 4) is 11.6 Å². The Morgan fingerprint density at radius 1 is 1.12 bits per heavy atom. The van der Waals surface area contributed by atoms with Crippen molar-refractivity contribution < 1.29 is 13.5 Å². The second-order valence-electron chi connectivity index (χ2n) is 9.13. The lowest BCUT2D eigenvalue weighted by Crippen LogP contribution is -2.37. The molecular weight excluding hydrogens is 450 g/mol. The summed E-state index contributed by atoms with van der Waals surface area (Å²) in [6, 6.07) is 11.8. The number of nitrogens with zero attached hydrogens (tertiary/aromatic N) is 5. The Labute approximate surface area is 200 Å². The van der Waals surface area contributed by atoms with Crippen LogP contribution in [0.15, 0.2) is 58.2 Å². The molecule has 6 rings (SSSR count). The average molecular weight is 478 g/mol. The number of aromatic nitrogens is 4. The summed E-state index contributed by atoms with van der Waals surface area (Å²) < 4.78 is 25.4. The molecule has 3 aromatic heterocycles. The zero-order chi connectivity index (χ0) is 23.1. The molecule has 8 nitrogen and oxygen atoms in total. The van der Waals surface area contributed by atoms with Crippen LogP contribution in [-0.2, 0) is 17.3 Å². The van der Waals surface area contributed by atoms with E-state index in [1.807, 2.05) is 47.2 Å². The van der Waals surface area contributed by atoms with Crippen molar-refractivity contribution in [1.82, 2.24) is 24.6 Å². The molecule has 0 amide bonds. The molecule has 2 fully saturated rings. The fourth-order valence-electron chi connectivity index (χ4n) is 4.49. The summed E-state index contributed by atoms with van der Waals surface area (Å²) in [5.41, 5.74) is 1.04. The molecule has 1 aliphatic heterocycles. The molecule has 1 saturated heterocycles. The van der Waals surface area contributed by atoms with Crippen molar-refractivity contribution in [3.05, 3.63) is 60.5 Å². The summed E-state index contributed by atoms with van der Waals surface area (Å²) in [5, 5.41) is 5.16. The molecular formula is C25H27N5O3S. The monoisotopic (exact) mass is 477 g/mol. The number of hydrogen-bond donors (Lipinski definition) is 0. The van der Waals surface area contributed by atoms with Gasteiger partial charge in [-0.3, -0.25) is 9.11 Å². The fourth-order valence-corrected chi connectivity index (χ4v) is 5.05. The summed E-state index contributed by atoms with van der Waals surface area (Å²) in [6.45, 7) is 2.59. The van der Waals surface area contributed by atoms with E-state index < -0.39 is 10.8 Å². The van der Waals surface area contributed by atoms with Crippen molar-refractivity contribution in [2.45, 2.75) is 49.1 Å². The minimum Gasteiger partial charge on any atom is -0.489 e. The van der Waals surface area contributed by atoms with E-state index in [2.05, 4.69) is 20.0 Å². The lowest BCUT2D eigenvalue weighted by atomic mass is 10.1. The second kappa shape index (κ2) is 8.96. The third-order valence-electron chi connectivity index (χ3n) is 6.58. The SMILES string of the molecule is CS(=O)c1ccc2c(ccn2-c2ccc(OC3CCN(Cc4nc(C5CC5)no4)CC3)cn2)c1. The zero-order valence-corrected chi connectivity index (χ0v) is 19.9. The van der Waals surface area contributed by atoms with E-state index in [0.29, 0.717) is 12.5 Å². The van der Waals surface area contributed by atoms with E-state index in [4.69, 9.17) is 9.26 Å². The smallest absolute Gasteiger partial charge is 0.240 e. The second-order valence-corrected chi connectivity index (χ2v) is 10.5. The first-order valence-corrected chi connectivity index (χ1v) is 13.3. The Bertz CT molecular complexity index is 1320. The normalized spacial score (nSPS) is 18.4. The van der Waals surface area contributed by atoms with Crippen molar-refractivity contribution >= 4 is 21.7 Å². The third kappa shape index (κ3) is 4.50. The van der Waals surface area contributed by atoms with Crippen LogP contribution in [0, 0.1) is 0 Å². The van der Waals surface area contributed by atoms with Gasteiger partial charge in [0.2, 0.25) is 5.89 Å². The summed E-state index contributed by atoms with van der Waals surface area (Å²) >= 11 is 0. The molecule has 0 bridgehead atoms. The quantitative estimate of drug-likeness (QED) is 0.397. The Morgan fingerprint density at radius 2 is 1.97 bits per heavy atom. The van der Waals surface area contributed by atoms with Gasteiger partial charge in [0.15, 0.2) is 5.82 Å². The molecule has 1 aromatic carbocycles. The number of rotatable bonds is 7. The van der Waals surface area contributed by atoms with Gasteiger partial charge in [-0.2, -0.15) is 4.98 Å². The first-order chi connectivity index (χ1) is 16.6. The third-order valence-corrected chi connectivity index (χ3v) is 7.50. The Kier molecular flexibility index (Phi) is 5.66. The van der Waals surface area contributed by atoms with E-state index in [-0.39, 0.29) is 6.10 Å². The van der Waals surface area contributed by atoms with Crippen LogP contribution < -0.4 is 4.74 Å². The number of likely N-dealkylation sites (tertiary alicyclic amines) is 1. The van der Waals surface area contributed by atoms with Crippen LogP contribution in [0.5, 0.6) is 5.75 Å². The summed E-state index contributed by atoms with van der Waals surface area (Å²) in [7, 11) is -0.994. The average Bonchev–Trinajstić information content (AvgIpc) is 3.45. The first kappa shape index (κ1) is 21.5. The summed E-state index contributed by atoms with van der Waals surface area (Å²) in [6.07, 6.45) is 9.92. The summed E-state index contributed by atoms with van der Waals surface area (Å²) in [5.74, 6) is 3.73. The van der Waals surface area contributed by atoms with E-state index in [9.17, 15) is 4.21 Å². The molecule has 1 atom stereocenters. The van der Waals surface area contributed by atoms with Crippen molar-refractivity contribution in [1.29, 1.82) is 0 Å². The lowest BCUT2D eigenvalue weighted by molar-refractivity contribution is 0.0901. The number of benzene rings is 1. The molecule has 34 heavy (non-hydrogen) atoms. The zero-order valence-electron chi connectivity index (χ0n) is 19.1.